The first-order chi connectivity index (χ1) is 13.4. The van der Waals surface area contributed by atoms with Crippen LogP contribution in [0.5, 0.6) is 5.75 Å². The van der Waals surface area contributed by atoms with Gasteiger partial charge in [-0.2, -0.15) is 0 Å². The standard InChI is InChI=1S/C22H28FN3O2.HI/c1-22(2)12-19(17-7-5-6-8-20(17)28-22)26-21(24-3)25-13-15-9-10-18(23)16(11-15)14-27-4;/h5-11,19H,12-14H2,1-4H3,(H2,24,25,26);1H. The number of nitrogens with one attached hydrogen (secondary N) is 2. The SMILES string of the molecule is CN=C(NCc1ccc(F)c(COC)c1)NC1CC(C)(C)Oc2ccccc21.I. The first kappa shape index (κ1) is 23.4. The highest BCUT2D eigenvalue weighted by atomic mass is 127. The van der Waals surface area contributed by atoms with Gasteiger partial charge in [-0.3, -0.25) is 4.99 Å². The molecule has 0 spiro atoms. The summed E-state index contributed by atoms with van der Waals surface area (Å²) >= 11 is 0. The third kappa shape index (κ3) is 6.05. The number of para-hydroxylation sites is 1. The van der Waals surface area contributed by atoms with E-state index in [1.165, 1.54) is 6.07 Å². The number of nitrogens with zero attached hydrogens (tertiary/aromatic N) is 1. The van der Waals surface area contributed by atoms with E-state index in [-0.39, 0.29) is 48.0 Å². The zero-order chi connectivity index (χ0) is 20.1. The third-order valence-electron chi connectivity index (χ3n) is 4.78. The Balaban J connectivity index is 0.00000300. The van der Waals surface area contributed by atoms with Crippen LogP contribution in [-0.2, 0) is 17.9 Å². The minimum absolute atomic E-state index is 0. The van der Waals surface area contributed by atoms with Gasteiger partial charge in [-0.25, -0.2) is 4.39 Å². The summed E-state index contributed by atoms with van der Waals surface area (Å²) in [7, 11) is 3.30. The summed E-state index contributed by atoms with van der Waals surface area (Å²) in [5.41, 5.74) is 2.36. The fraction of sp³-hybridized carbons (Fsp3) is 0.409. The molecule has 2 aromatic carbocycles. The molecule has 0 aliphatic carbocycles. The van der Waals surface area contributed by atoms with Crippen molar-refractivity contribution in [1.82, 2.24) is 10.6 Å². The lowest BCUT2D eigenvalue weighted by Crippen LogP contribution is -2.45. The van der Waals surface area contributed by atoms with Gasteiger partial charge in [-0.1, -0.05) is 24.3 Å². The fourth-order valence-corrected chi connectivity index (χ4v) is 3.48. The van der Waals surface area contributed by atoms with Crippen LogP contribution >= 0.6 is 24.0 Å². The summed E-state index contributed by atoms with van der Waals surface area (Å²) in [6, 6.07) is 13.2. The van der Waals surface area contributed by atoms with Crippen molar-refractivity contribution in [3.05, 3.63) is 65.0 Å². The van der Waals surface area contributed by atoms with E-state index in [0.717, 1.165) is 23.3 Å². The van der Waals surface area contributed by atoms with E-state index in [9.17, 15) is 4.39 Å². The highest BCUT2D eigenvalue weighted by molar-refractivity contribution is 14.0. The lowest BCUT2D eigenvalue weighted by molar-refractivity contribution is 0.0694. The van der Waals surface area contributed by atoms with Crippen LogP contribution in [0.15, 0.2) is 47.5 Å². The number of ether oxygens (including phenoxy) is 2. The Morgan fingerprint density at radius 3 is 2.76 bits per heavy atom. The summed E-state index contributed by atoms with van der Waals surface area (Å²) in [4.78, 5) is 4.35. The van der Waals surface area contributed by atoms with Gasteiger partial charge >= 0.3 is 0 Å². The van der Waals surface area contributed by atoms with Gasteiger partial charge in [-0.15, -0.1) is 24.0 Å². The van der Waals surface area contributed by atoms with Gasteiger partial charge in [0.2, 0.25) is 0 Å². The van der Waals surface area contributed by atoms with Gasteiger partial charge in [0.25, 0.3) is 0 Å². The lowest BCUT2D eigenvalue weighted by atomic mass is 9.90. The van der Waals surface area contributed by atoms with Crippen molar-refractivity contribution in [1.29, 1.82) is 0 Å². The molecule has 1 heterocycles. The zero-order valence-corrected chi connectivity index (χ0v) is 19.6. The summed E-state index contributed by atoms with van der Waals surface area (Å²) < 4.78 is 24.9. The van der Waals surface area contributed by atoms with E-state index < -0.39 is 0 Å². The number of hydrogen-bond donors (Lipinski definition) is 2. The van der Waals surface area contributed by atoms with E-state index in [1.807, 2.05) is 24.3 Å². The quantitative estimate of drug-likeness (QED) is 0.350. The van der Waals surface area contributed by atoms with Crippen LogP contribution in [0.1, 0.15) is 43.0 Å². The molecule has 29 heavy (non-hydrogen) atoms. The Labute approximate surface area is 189 Å². The Hall–Kier alpha value is -1.87. The molecule has 0 fully saturated rings. The van der Waals surface area contributed by atoms with Crippen LogP contribution in [0.25, 0.3) is 0 Å². The topological polar surface area (TPSA) is 54.9 Å². The predicted octanol–water partition coefficient (Wildman–Crippen LogP) is 4.56. The number of aliphatic imine (C=N–C) groups is 1. The second-order valence-corrected chi connectivity index (χ2v) is 7.59. The van der Waals surface area contributed by atoms with Gasteiger partial charge in [0.05, 0.1) is 12.6 Å². The lowest BCUT2D eigenvalue weighted by Gasteiger charge is -2.38. The average Bonchev–Trinajstić information content (AvgIpc) is 2.66. The zero-order valence-electron chi connectivity index (χ0n) is 17.3. The molecular formula is C22H29FIN3O2. The van der Waals surface area contributed by atoms with Gasteiger partial charge in [-0.05, 0) is 37.6 Å². The molecule has 7 heteroatoms. The minimum Gasteiger partial charge on any atom is -0.487 e. The Morgan fingerprint density at radius 1 is 1.28 bits per heavy atom. The van der Waals surface area contributed by atoms with Gasteiger partial charge in [0, 0.05) is 38.2 Å². The van der Waals surface area contributed by atoms with Crippen molar-refractivity contribution < 1.29 is 13.9 Å². The maximum absolute atomic E-state index is 13.8. The van der Waals surface area contributed by atoms with Crippen molar-refractivity contribution >= 4 is 29.9 Å². The molecule has 1 atom stereocenters. The predicted molar refractivity (Wildman–Crippen MR) is 124 cm³/mol. The Morgan fingerprint density at radius 2 is 2.03 bits per heavy atom. The monoisotopic (exact) mass is 513 g/mol. The molecule has 0 saturated heterocycles. The molecule has 0 aromatic heterocycles. The van der Waals surface area contributed by atoms with E-state index in [4.69, 9.17) is 9.47 Å². The summed E-state index contributed by atoms with van der Waals surface area (Å²) in [5.74, 6) is 1.33. The number of guanidine groups is 1. The van der Waals surface area contributed by atoms with Crippen LogP contribution in [0.3, 0.4) is 0 Å². The van der Waals surface area contributed by atoms with Crippen molar-refractivity contribution in [3.63, 3.8) is 0 Å². The van der Waals surface area contributed by atoms with Crippen molar-refractivity contribution in [3.8, 4) is 5.75 Å². The minimum atomic E-state index is -0.267. The molecule has 0 bridgehead atoms. The molecule has 0 saturated carbocycles. The molecule has 1 unspecified atom stereocenters. The van der Waals surface area contributed by atoms with E-state index in [0.29, 0.717) is 18.1 Å². The maximum atomic E-state index is 13.8. The molecule has 1 aliphatic rings. The molecular weight excluding hydrogens is 484 g/mol. The van der Waals surface area contributed by atoms with Crippen molar-refractivity contribution in [2.24, 2.45) is 4.99 Å². The summed E-state index contributed by atoms with van der Waals surface area (Å²) in [6.07, 6.45) is 0.819. The second-order valence-electron chi connectivity index (χ2n) is 7.59. The molecule has 2 N–H and O–H groups in total. The van der Waals surface area contributed by atoms with Crippen LogP contribution < -0.4 is 15.4 Å². The molecule has 1 aliphatic heterocycles. The number of methoxy groups -OCH3 is 1. The molecule has 0 amide bonds. The van der Waals surface area contributed by atoms with Crippen molar-refractivity contribution in [2.75, 3.05) is 14.2 Å². The fourth-order valence-electron chi connectivity index (χ4n) is 3.48. The first-order valence-corrected chi connectivity index (χ1v) is 9.43. The van der Waals surface area contributed by atoms with E-state index in [1.54, 1.807) is 20.2 Å². The van der Waals surface area contributed by atoms with Crippen LogP contribution in [0.4, 0.5) is 4.39 Å². The molecule has 2 aromatic rings. The van der Waals surface area contributed by atoms with Gasteiger partial charge in [0.15, 0.2) is 5.96 Å². The number of rotatable bonds is 5. The number of hydrogen-bond acceptors (Lipinski definition) is 3. The third-order valence-corrected chi connectivity index (χ3v) is 4.78. The Bertz CT molecular complexity index is 858. The smallest absolute Gasteiger partial charge is 0.191 e. The highest BCUT2D eigenvalue weighted by Gasteiger charge is 2.33. The largest absolute Gasteiger partial charge is 0.487 e. The van der Waals surface area contributed by atoms with E-state index >= 15 is 0 Å². The van der Waals surface area contributed by atoms with Gasteiger partial charge < -0.3 is 20.1 Å². The average molecular weight is 513 g/mol. The normalized spacial score (nSPS) is 17.6. The first-order valence-electron chi connectivity index (χ1n) is 9.43. The molecule has 5 nitrogen and oxygen atoms in total. The molecule has 0 radical (unpaired) electrons. The summed E-state index contributed by atoms with van der Waals surface area (Å²) in [6.45, 7) is 4.96. The maximum Gasteiger partial charge on any atom is 0.191 e. The van der Waals surface area contributed by atoms with Crippen LogP contribution in [0.2, 0.25) is 0 Å². The molecule has 3 rings (SSSR count). The van der Waals surface area contributed by atoms with Gasteiger partial charge in [0.1, 0.15) is 17.2 Å². The van der Waals surface area contributed by atoms with Crippen molar-refractivity contribution in [2.45, 2.75) is 45.1 Å². The highest BCUT2D eigenvalue weighted by Crippen LogP contribution is 2.39. The molecule has 158 valence electrons. The van der Waals surface area contributed by atoms with Crippen LogP contribution in [-0.4, -0.2) is 25.7 Å². The number of halogens is 2. The second kappa shape index (κ2) is 10.2. The van der Waals surface area contributed by atoms with Crippen LogP contribution in [0, 0.1) is 5.82 Å². The summed E-state index contributed by atoms with van der Waals surface area (Å²) in [5, 5.41) is 6.81. The van der Waals surface area contributed by atoms with E-state index in [2.05, 4.69) is 35.5 Å². The number of benzene rings is 2. The Kier molecular flexibility index (Phi) is 8.27. The number of fused-ring (bicyclic) bond motifs is 1.